The first kappa shape index (κ1) is 21.9. The molecule has 0 aliphatic carbocycles. The summed E-state index contributed by atoms with van der Waals surface area (Å²) >= 11 is 12.5. The molecule has 0 radical (unpaired) electrons. The van der Waals surface area contributed by atoms with E-state index < -0.39 is 15.9 Å². The number of hydrogen-bond acceptors (Lipinski definition) is 4. The third-order valence-corrected chi connectivity index (χ3v) is 7.89. The van der Waals surface area contributed by atoms with Gasteiger partial charge in [0.25, 0.3) is 5.91 Å². The Balaban J connectivity index is 1.75. The molecular formula is C23H21Cl2NO4S. The summed E-state index contributed by atoms with van der Waals surface area (Å²) in [6.45, 7) is 0.279. The van der Waals surface area contributed by atoms with Crippen LogP contribution in [0.2, 0.25) is 10.0 Å². The molecule has 0 bridgehead atoms. The van der Waals surface area contributed by atoms with Crippen molar-refractivity contribution in [3.8, 4) is 5.75 Å². The number of carbonyl (C=O) groups is 1. The van der Waals surface area contributed by atoms with Gasteiger partial charge in [0.15, 0.2) is 15.6 Å². The molecule has 1 aliphatic heterocycles. The van der Waals surface area contributed by atoms with E-state index in [2.05, 4.69) is 0 Å². The molecule has 31 heavy (non-hydrogen) atoms. The van der Waals surface area contributed by atoms with Gasteiger partial charge in [-0.2, -0.15) is 0 Å². The number of carbonyl (C=O) groups excluding carboxylic acids is 1. The first-order chi connectivity index (χ1) is 14.8. The number of sulfone groups is 1. The van der Waals surface area contributed by atoms with Gasteiger partial charge < -0.3 is 9.64 Å². The highest BCUT2D eigenvalue weighted by Gasteiger charge is 2.35. The second kappa shape index (κ2) is 8.69. The fourth-order valence-corrected chi connectivity index (χ4v) is 6.42. The number of hydrogen-bond donors (Lipinski definition) is 0. The van der Waals surface area contributed by atoms with Crippen molar-refractivity contribution in [2.45, 2.75) is 19.0 Å². The van der Waals surface area contributed by atoms with E-state index in [-0.39, 0.29) is 34.0 Å². The molecule has 3 aromatic carbocycles. The molecule has 4 rings (SSSR count). The van der Waals surface area contributed by atoms with E-state index >= 15 is 0 Å². The Hall–Kier alpha value is -2.28. The first-order valence-corrected chi connectivity index (χ1v) is 12.4. The van der Waals surface area contributed by atoms with E-state index in [4.69, 9.17) is 27.9 Å². The predicted octanol–water partition coefficient (Wildman–Crippen LogP) is 4.98. The van der Waals surface area contributed by atoms with Gasteiger partial charge >= 0.3 is 0 Å². The van der Waals surface area contributed by atoms with Gasteiger partial charge in [-0.15, -0.1) is 0 Å². The number of nitrogens with zero attached hydrogens (tertiary/aromatic N) is 1. The number of ether oxygens (including phenoxy) is 1. The lowest BCUT2D eigenvalue weighted by atomic mass is 10.0. The number of benzene rings is 3. The van der Waals surface area contributed by atoms with E-state index in [9.17, 15) is 13.2 Å². The monoisotopic (exact) mass is 477 g/mol. The largest absolute Gasteiger partial charge is 0.494 e. The smallest absolute Gasteiger partial charge is 0.254 e. The van der Waals surface area contributed by atoms with Crippen LogP contribution in [0.15, 0.2) is 54.6 Å². The van der Waals surface area contributed by atoms with Crippen LogP contribution in [-0.4, -0.2) is 43.9 Å². The molecule has 1 aliphatic rings. The predicted molar refractivity (Wildman–Crippen MR) is 124 cm³/mol. The van der Waals surface area contributed by atoms with E-state index in [1.807, 2.05) is 42.5 Å². The number of amides is 1. The summed E-state index contributed by atoms with van der Waals surface area (Å²) in [4.78, 5) is 15.2. The van der Waals surface area contributed by atoms with Gasteiger partial charge in [0, 0.05) is 18.2 Å². The quantitative estimate of drug-likeness (QED) is 0.519. The third kappa shape index (κ3) is 4.52. The normalized spacial score (nSPS) is 17.6. The molecule has 0 unspecified atom stereocenters. The van der Waals surface area contributed by atoms with Gasteiger partial charge in [0.2, 0.25) is 0 Å². The molecule has 1 amide bonds. The molecule has 1 fully saturated rings. The van der Waals surface area contributed by atoms with Gasteiger partial charge in [-0.05, 0) is 34.9 Å². The molecule has 1 heterocycles. The van der Waals surface area contributed by atoms with Crippen LogP contribution in [0.25, 0.3) is 10.8 Å². The van der Waals surface area contributed by atoms with Crippen molar-refractivity contribution in [3.05, 3.63) is 75.8 Å². The molecule has 0 N–H and O–H groups in total. The topological polar surface area (TPSA) is 63.7 Å². The van der Waals surface area contributed by atoms with Crippen molar-refractivity contribution < 1.29 is 17.9 Å². The van der Waals surface area contributed by atoms with E-state index in [0.29, 0.717) is 17.7 Å². The van der Waals surface area contributed by atoms with Crippen molar-refractivity contribution >= 4 is 49.7 Å². The molecule has 3 aromatic rings. The lowest BCUT2D eigenvalue weighted by Crippen LogP contribution is -2.40. The van der Waals surface area contributed by atoms with Gasteiger partial charge in [-0.3, -0.25) is 4.79 Å². The summed E-state index contributed by atoms with van der Waals surface area (Å²) in [6, 6.07) is 16.4. The Morgan fingerprint density at radius 1 is 1.10 bits per heavy atom. The molecule has 0 aromatic heterocycles. The van der Waals surface area contributed by atoms with Crippen molar-refractivity contribution in [3.63, 3.8) is 0 Å². The highest BCUT2D eigenvalue weighted by molar-refractivity contribution is 7.91. The van der Waals surface area contributed by atoms with Crippen molar-refractivity contribution in [1.29, 1.82) is 0 Å². The summed E-state index contributed by atoms with van der Waals surface area (Å²) in [5, 5.41) is 2.53. The molecule has 1 saturated heterocycles. The summed E-state index contributed by atoms with van der Waals surface area (Å²) in [5.41, 5.74) is 1.24. The van der Waals surface area contributed by atoms with Gasteiger partial charge in [0.05, 0.1) is 28.7 Å². The van der Waals surface area contributed by atoms with Crippen molar-refractivity contribution in [1.82, 2.24) is 4.90 Å². The van der Waals surface area contributed by atoms with Crippen molar-refractivity contribution in [2.24, 2.45) is 0 Å². The van der Waals surface area contributed by atoms with Crippen LogP contribution in [0.1, 0.15) is 22.3 Å². The second-order valence-electron chi connectivity index (χ2n) is 7.60. The molecule has 1 atom stereocenters. The van der Waals surface area contributed by atoms with E-state index in [1.54, 1.807) is 4.90 Å². The maximum Gasteiger partial charge on any atom is 0.254 e. The Morgan fingerprint density at radius 2 is 1.77 bits per heavy atom. The SMILES string of the molecule is COc1c(Cl)cc(C(=O)N(Cc2cccc3ccccc23)[C@H]2CCS(=O)(=O)C2)cc1Cl. The van der Waals surface area contributed by atoms with Crippen LogP contribution in [0, 0.1) is 0 Å². The number of methoxy groups -OCH3 is 1. The van der Waals surface area contributed by atoms with Crippen LogP contribution in [0.4, 0.5) is 0 Å². The fraction of sp³-hybridized carbons (Fsp3) is 0.261. The highest BCUT2D eigenvalue weighted by atomic mass is 35.5. The minimum atomic E-state index is -3.18. The maximum absolute atomic E-state index is 13.6. The van der Waals surface area contributed by atoms with E-state index in [1.165, 1.54) is 19.2 Å². The maximum atomic E-state index is 13.6. The Kier molecular flexibility index (Phi) is 6.15. The fourth-order valence-electron chi connectivity index (χ4n) is 4.05. The summed E-state index contributed by atoms with van der Waals surface area (Å²) < 4.78 is 29.5. The third-order valence-electron chi connectivity index (χ3n) is 5.58. The molecule has 5 nitrogen and oxygen atoms in total. The first-order valence-electron chi connectivity index (χ1n) is 9.80. The Labute approximate surface area is 191 Å². The molecule has 0 saturated carbocycles. The van der Waals surface area contributed by atoms with Crippen LogP contribution in [0.5, 0.6) is 5.75 Å². The average molecular weight is 478 g/mol. The second-order valence-corrected chi connectivity index (χ2v) is 10.6. The molecule has 0 spiro atoms. The zero-order chi connectivity index (χ0) is 22.2. The Bertz CT molecular complexity index is 1230. The number of rotatable bonds is 5. The van der Waals surface area contributed by atoms with Crippen LogP contribution in [0.3, 0.4) is 0 Å². The summed E-state index contributed by atoms with van der Waals surface area (Å²) in [6.07, 6.45) is 0.399. The number of halogens is 2. The van der Waals surface area contributed by atoms with Crippen molar-refractivity contribution in [2.75, 3.05) is 18.6 Å². The molecule has 162 valence electrons. The summed E-state index contributed by atoms with van der Waals surface area (Å²) in [5.74, 6) is -0.00666. The highest BCUT2D eigenvalue weighted by Crippen LogP contribution is 2.35. The average Bonchev–Trinajstić information content (AvgIpc) is 3.10. The van der Waals surface area contributed by atoms with Gasteiger partial charge in [-0.25, -0.2) is 8.42 Å². The van der Waals surface area contributed by atoms with Gasteiger partial charge in [0.1, 0.15) is 0 Å². The zero-order valence-corrected chi connectivity index (χ0v) is 19.2. The van der Waals surface area contributed by atoms with Crippen LogP contribution in [-0.2, 0) is 16.4 Å². The minimum absolute atomic E-state index is 0.0544. The number of fused-ring (bicyclic) bond motifs is 1. The van der Waals surface area contributed by atoms with Crippen LogP contribution >= 0.6 is 23.2 Å². The zero-order valence-electron chi connectivity index (χ0n) is 16.8. The minimum Gasteiger partial charge on any atom is -0.494 e. The van der Waals surface area contributed by atoms with E-state index in [0.717, 1.165) is 16.3 Å². The lowest BCUT2D eigenvalue weighted by Gasteiger charge is -2.29. The summed E-state index contributed by atoms with van der Waals surface area (Å²) in [7, 11) is -1.73. The van der Waals surface area contributed by atoms with Gasteiger partial charge in [-0.1, -0.05) is 65.7 Å². The molecular weight excluding hydrogens is 457 g/mol. The standard InChI is InChI=1S/C23H21Cl2NO4S/c1-30-22-20(24)11-17(12-21(22)25)23(27)26(18-9-10-31(28,29)14-18)13-16-7-4-6-15-5-2-3-8-19(15)16/h2-8,11-12,18H,9-10,13-14H2,1H3/t18-/m0/s1. The Morgan fingerprint density at radius 3 is 2.42 bits per heavy atom. The molecule has 8 heteroatoms. The lowest BCUT2D eigenvalue weighted by molar-refractivity contribution is 0.0682. The van der Waals surface area contributed by atoms with Crippen LogP contribution < -0.4 is 4.74 Å².